The zero-order valence-corrected chi connectivity index (χ0v) is 8.35. The number of halogens is 1. The second-order valence-corrected chi connectivity index (χ2v) is 3.41. The van der Waals surface area contributed by atoms with Crippen molar-refractivity contribution in [1.29, 1.82) is 0 Å². The lowest BCUT2D eigenvalue weighted by molar-refractivity contribution is -0.386. The predicted molar refractivity (Wildman–Crippen MR) is 49.2 cm³/mol. The molecule has 13 heavy (non-hydrogen) atoms. The van der Waals surface area contributed by atoms with Gasteiger partial charge < -0.3 is 5.11 Å². The number of aliphatic hydroxyl groups excluding tert-OH is 1. The summed E-state index contributed by atoms with van der Waals surface area (Å²) in [7, 11) is 0. The monoisotopic (exact) mass is 246 g/mol. The largest absolute Gasteiger partial charge is 0.387 e. The minimum Gasteiger partial charge on any atom is -0.387 e. The zero-order chi connectivity index (χ0) is 10.0. The van der Waals surface area contributed by atoms with E-state index in [0.717, 1.165) is 0 Å². The van der Waals surface area contributed by atoms with Crippen LogP contribution in [0.2, 0.25) is 0 Å². The maximum absolute atomic E-state index is 10.5. The highest BCUT2D eigenvalue weighted by atomic mass is 79.9. The van der Waals surface area contributed by atoms with Gasteiger partial charge in [0.2, 0.25) is 0 Å². The van der Waals surface area contributed by atoms with Crippen LogP contribution in [0, 0.1) is 10.1 Å². The molecule has 0 aliphatic carbocycles. The Balaban J connectivity index is 3.27. The minimum absolute atomic E-state index is 0.0770. The number of nitrogens with zero attached hydrogens (tertiary/aromatic N) is 2. The van der Waals surface area contributed by atoms with Crippen LogP contribution in [-0.2, 0) is 0 Å². The SMILES string of the molecule is C[C@H](O)c1ncc(Br)cc1[N+](=O)[O-]. The molecule has 1 atom stereocenters. The van der Waals surface area contributed by atoms with E-state index in [4.69, 9.17) is 5.11 Å². The fourth-order valence-electron chi connectivity index (χ4n) is 0.907. The summed E-state index contributed by atoms with van der Waals surface area (Å²) in [6, 6.07) is 1.31. The molecule has 70 valence electrons. The zero-order valence-electron chi connectivity index (χ0n) is 6.77. The van der Waals surface area contributed by atoms with E-state index >= 15 is 0 Å². The van der Waals surface area contributed by atoms with Crippen LogP contribution >= 0.6 is 15.9 Å². The molecule has 0 saturated carbocycles. The summed E-state index contributed by atoms with van der Waals surface area (Å²) >= 11 is 3.07. The van der Waals surface area contributed by atoms with Crippen molar-refractivity contribution in [3.63, 3.8) is 0 Å². The Kier molecular flexibility index (Phi) is 2.94. The fraction of sp³-hybridized carbons (Fsp3) is 0.286. The van der Waals surface area contributed by atoms with Crippen LogP contribution in [0.1, 0.15) is 18.7 Å². The summed E-state index contributed by atoms with van der Waals surface area (Å²) in [5.41, 5.74) is -0.0995. The number of nitro groups is 1. The summed E-state index contributed by atoms with van der Waals surface area (Å²) in [6.07, 6.45) is 0.475. The minimum atomic E-state index is -0.937. The van der Waals surface area contributed by atoms with Crippen LogP contribution in [0.3, 0.4) is 0 Å². The highest BCUT2D eigenvalue weighted by Crippen LogP contribution is 2.25. The van der Waals surface area contributed by atoms with E-state index in [9.17, 15) is 10.1 Å². The molecular weight excluding hydrogens is 240 g/mol. The van der Waals surface area contributed by atoms with E-state index in [1.54, 1.807) is 0 Å². The van der Waals surface area contributed by atoms with Crippen molar-refractivity contribution in [2.24, 2.45) is 0 Å². The lowest BCUT2D eigenvalue weighted by Crippen LogP contribution is -2.01. The van der Waals surface area contributed by atoms with E-state index in [1.165, 1.54) is 19.2 Å². The van der Waals surface area contributed by atoms with E-state index in [1.807, 2.05) is 0 Å². The number of aliphatic hydroxyl groups is 1. The third-order valence-corrected chi connectivity index (χ3v) is 1.89. The topological polar surface area (TPSA) is 76.3 Å². The second-order valence-electron chi connectivity index (χ2n) is 2.49. The van der Waals surface area contributed by atoms with Gasteiger partial charge in [-0.05, 0) is 22.9 Å². The molecule has 6 heteroatoms. The molecule has 1 heterocycles. The van der Waals surface area contributed by atoms with Crippen LogP contribution in [-0.4, -0.2) is 15.0 Å². The molecule has 0 spiro atoms. The molecule has 0 fully saturated rings. The van der Waals surface area contributed by atoms with Crippen molar-refractivity contribution in [2.45, 2.75) is 13.0 Å². The number of pyridine rings is 1. The Hall–Kier alpha value is -1.01. The summed E-state index contributed by atoms with van der Waals surface area (Å²) in [5, 5.41) is 19.7. The maximum Gasteiger partial charge on any atom is 0.294 e. The molecule has 0 radical (unpaired) electrons. The average Bonchev–Trinajstić information content (AvgIpc) is 2.03. The van der Waals surface area contributed by atoms with E-state index in [-0.39, 0.29) is 11.4 Å². The molecule has 0 aromatic carbocycles. The Morgan fingerprint density at radius 3 is 2.85 bits per heavy atom. The van der Waals surface area contributed by atoms with Crippen molar-refractivity contribution >= 4 is 21.6 Å². The van der Waals surface area contributed by atoms with Gasteiger partial charge in [0.15, 0.2) is 0 Å². The number of aromatic nitrogens is 1. The van der Waals surface area contributed by atoms with Crippen LogP contribution in [0.5, 0.6) is 0 Å². The molecule has 0 aliphatic rings. The Bertz CT molecular complexity index is 341. The summed E-state index contributed by atoms with van der Waals surface area (Å²) in [5.74, 6) is 0. The van der Waals surface area contributed by atoms with E-state index in [2.05, 4.69) is 20.9 Å². The second kappa shape index (κ2) is 3.80. The van der Waals surface area contributed by atoms with Crippen molar-refractivity contribution < 1.29 is 10.0 Å². The van der Waals surface area contributed by atoms with Crippen molar-refractivity contribution in [2.75, 3.05) is 0 Å². The number of rotatable bonds is 2. The quantitative estimate of drug-likeness (QED) is 0.638. The van der Waals surface area contributed by atoms with Crippen molar-refractivity contribution in [3.8, 4) is 0 Å². The Morgan fingerprint density at radius 1 is 1.77 bits per heavy atom. The first kappa shape index (κ1) is 10.1. The normalized spacial score (nSPS) is 12.5. The Labute approximate surface area is 82.7 Å². The van der Waals surface area contributed by atoms with Crippen molar-refractivity contribution in [1.82, 2.24) is 4.98 Å². The van der Waals surface area contributed by atoms with Gasteiger partial charge in [0.05, 0.1) is 4.92 Å². The van der Waals surface area contributed by atoms with Gasteiger partial charge in [-0.1, -0.05) is 0 Å². The van der Waals surface area contributed by atoms with Crippen LogP contribution in [0.4, 0.5) is 5.69 Å². The lowest BCUT2D eigenvalue weighted by atomic mass is 10.2. The molecule has 1 aromatic rings. The van der Waals surface area contributed by atoms with Crippen molar-refractivity contribution in [3.05, 3.63) is 32.5 Å². The third kappa shape index (κ3) is 2.22. The molecular formula is C7H7BrN2O3. The molecule has 0 bridgehead atoms. The van der Waals surface area contributed by atoms with Gasteiger partial charge in [0.1, 0.15) is 11.8 Å². The highest BCUT2D eigenvalue weighted by Gasteiger charge is 2.19. The molecule has 5 nitrogen and oxygen atoms in total. The maximum atomic E-state index is 10.5. The summed E-state index contributed by atoms with van der Waals surface area (Å²) in [4.78, 5) is 13.7. The fourth-order valence-corrected chi connectivity index (χ4v) is 1.23. The molecule has 1 aromatic heterocycles. The van der Waals surface area contributed by atoms with Gasteiger partial charge in [-0.2, -0.15) is 0 Å². The standard InChI is InChI=1S/C7H7BrN2O3/c1-4(11)7-6(10(12)13)2-5(8)3-9-7/h2-4,11H,1H3/t4-/m0/s1. The summed E-state index contributed by atoms with van der Waals surface area (Å²) in [6.45, 7) is 1.43. The summed E-state index contributed by atoms with van der Waals surface area (Å²) < 4.78 is 0.517. The van der Waals surface area contributed by atoms with Crippen LogP contribution in [0.15, 0.2) is 16.7 Å². The lowest BCUT2D eigenvalue weighted by Gasteiger charge is -2.03. The first-order valence-corrected chi connectivity index (χ1v) is 4.29. The highest BCUT2D eigenvalue weighted by molar-refractivity contribution is 9.10. The molecule has 0 amide bonds. The van der Waals surface area contributed by atoms with Gasteiger partial charge >= 0.3 is 0 Å². The first-order valence-electron chi connectivity index (χ1n) is 3.50. The van der Waals surface area contributed by atoms with Crippen LogP contribution in [0.25, 0.3) is 0 Å². The van der Waals surface area contributed by atoms with Gasteiger partial charge in [-0.3, -0.25) is 15.1 Å². The smallest absolute Gasteiger partial charge is 0.294 e. The molecule has 0 unspecified atom stereocenters. The van der Waals surface area contributed by atoms with Gasteiger partial charge in [-0.15, -0.1) is 0 Å². The Morgan fingerprint density at radius 2 is 2.38 bits per heavy atom. The number of hydrogen-bond acceptors (Lipinski definition) is 4. The van der Waals surface area contributed by atoms with Gasteiger partial charge in [-0.25, -0.2) is 0 Å². The average molecular weight is 247 g/mol. The van der Waals surface area contributed by atoms with Gasteiger partial charge in [0, 0.05) is 16.7 Å². The molecule has 0 aliphatic heterocycles. The van der Waals surface area contributed by atoms with Crippen LogP contribution < -0.4 is 0 Å². The third-order valence-electron chi connectivity index (χ3n) is 1.46. The molecule has 0 saturated heterocycles. The first-order chi connectivity index (χ1) is 6.02. The number of hydrogen-bond donors (Lipinski definition) is 1. The molecule has 1 N–H and O–H groups in total. The molecule has 1 rings (SSSR count). The van der Waals surface area contributed by atoms with E-state index < -0.39 is 11.0 Å². The van der Waals surface area contributed by atoms with Gasteiger partial charge in [0.25, 0.3) is 5.69 Å². The predicted octanol–water partition coefficient (Wildman–Crippen LogP) is 1.81. The van der Waals surface area contributed by atoms with E-state index in [0.29, 0.717) is 4.47 Å².